The molecule has 6 aromatic carbocycles. The van der Waals surface area contributed by atoms with Crippen LogP contribution >= 0.6 is 0 Å². The summed E-state index contributed by atoms with van der Waals surface area (Å²) in [5, 5.41) is 0. The van der Waals surface area contributed by atoms with E-state index in [0.29, 0.717) is 17.5 Å². The lowest BCUT2D eigenvalue weighted by Gasteiger charge is -2.39. The zero-order valence-corrected chi connectivity index (χ0v) is 26.9. The summed E-state index contributed by atoms with van der Waals surface area (Å²) in [5.41, 5.74) is 11.5. The summed E-state index contributed by atoms with van der Waals surface area (Å²) in [6.45, 7) is 0. The van der Waals surface area contributed by atoms with Gasteiger partial charge in [0.2, 0.25) is 0 Å². The first-order valence-electron chi connectivity index (χ1n) is 16.7. The Hall–Kier alpha value is -6.72. The summed E-state index contributed by atoms with van der Waals surface area (Å²) < 4.78 is 6.96. The third-order valence-corrected chi connectivity index (χ3v) is 9.91. The molecule has 0 bridgehead atoms. The summed E-state index contributed by atoms with van der Waals surface area (Å²) in [5.74, 6) is 3.42. The minimum absolute atomic E-state index is 0.574. The summed E-state index contributed by atoms with van der Waals surface area (Å²) in [4.78, 5) is 19.2. The Morgan fingerprint density at radius 2 is 0.820 bits per heavy atom. The third-order valence-electron chi connectivity index (χ3n) is 9.91. The molecule has 234 valence electrons. The van der Waals surface area contributed by atoms with Gasteiger partial charge in [0.05, 0.1) is 5.41 Å². The van der Waals surface area contributed by atoms with E-state index in [2.05, 4.69) is 89.9 Å². The average Bonchev–Trinajstić information content (AvgIpc) is 3.49. The van der Waals surface area contributed by atoms with Crippen LogP contribution in [0.15, 0.2) is 170 Å². The van der Waals surface area contributed by atoms with Gasteiger partial charge in [-0.25, -0.2) is 15.0 Å². The summed E-state index contributed by atoms with van der Waals surface area (Å²) in [7, 11) is 0. The van der Waals surface area contributed by atoms with Crippen LogP contribution in [0.2, 0.25) is 0 Å². The van der Waals surface area contributed by atoms with Crippen molar-refractivity contribution in [3.05, 3.63) is 192 Å². The fraction of sp³-hybridized carbons (Fsp3) is 0.0222. The molecule has 50 heavy (non-hydrogen) atoms. The highest BCUT2D eigenvalue weighted by atomic mass is 16.5. The number of nitrogens with zero attached hydrogens (tertiary/aromatic N) is 4. The van der Waals surface area contributed by atoms with Crippen molar-refractivity contribution < 1.29 is 4.74 Å². The van der Waals surface area contributed by atoms with Crippen molar-refractivity contribution in [2.75, 3.05) is 0 Å². The van der Waals surface area contributed by atoms with Crippen LogP contribution in [0.3, 0.4) is 0 Å². The van der Waals surface area contributed by atoms with Crippen LogP contribution in [0.5, 0.6) is 11.5 Å². The number of benzene rings is 6. The van der Waals surface area contributed by atoms with Crippen molar-refractivity contribution in [2.24, 2.45) is 0 Å². The van der Waals surface area contributed by atoms with Gasteiger partial charge < -0.3 is 4.74 Å². The molecule has 0 amide bonds. The van der Waals surface area contributed by atoms with E-state index in [9.17, 15) is 0 Å². The maximum absolute atomic E-state index is 6.96. The number of hydrogen-bond donors (Lipinski definition) is 0. The Bertz CT molecular complexity index is 2470. The van der Waals surface area contributed by atoms with Gasteiger partial charge in [0.15, 0.2) is 17.5 Å². The van der Waals surface area contributed by atoms with Crippen LogP contribution in [-0.4, -0.2) is 19.9 Å². The maximum atomic E-state index is 6.96. The zero-order chi connectivity index (χ0) is 33.1. The first-order valence-corrected chi connectivity index (χ1v) is 16.7. The zero-order valence-electron chi connectivity index (χ0n) is 26.9. The van der Waals surface area contributed by atoms with Crippen LogP contribution in [0.25, 0.3) is 56.4 Å². The summed E-state index contributed by atoms with van der Waals surface area (Å²) >= 11 is 0. The van der Waals surface area contributed by atoms with E-state index in [4.69, 9.17) is 19.7 Å². The second-order valence-corrected chi connectivity index (χ2v) is 12.6. The number of rotatable bonds is 4. The molecule has 5 nitrogen and oxygen atoms in total. The lowest BCUT2D eigenvalue weighted by atomic mass is 9.66. The highest BCUT2D eigenvalue weighted by Gasteiger charge is 2.51. The number of aromatic nitrogens is 4. The average molecular weight is 641 g/mol. The maximum Gasteiger partial charge on any atom is 0.164 e. The molecule has 0 N–H and O–H groups in total. The molecule has 0 radical (unpaired) electrons. The molecule has 2 aliphatic rings. The monoisotopic (exact) mass is 640 g/mol. The lowest BCUT2D eigenvalue weighted by Crippen LogP contribution is -2.32. The number of ether oxygens (including phenoxy) is 1. The van der Waals surface area contributed by atoms with Gasteiger partial charge in [-0.1, -0.05) is 133 Å². The van der Waals surface area contributed by atoms with E-state index in [1.165, 1.54) is 22.3 Å². The molecule has 0 saturated carbocycles. The van der Waals surface area contributed by atoms with E-state index in [1.54, 1.807) is 0 Å². The largest absolute Gasteiger partial charge is 0.457 e. The molecule has 0 fully saturated rings. The van der Waals surface area contributed by atoms with Crippen LogP contribution in [0, 0.1) is 0 Å². The Morgan fingerprint density at radius 1 is 0.360 bits per heavy atom. The predicted molar refractivity (Wildman–Crippen MR) is 197 cm³/mol. The molecule has 3 heterocycles. The topological polar surface area (TPSA) is 60.8 Å². The standard InChI is InChI=1S/C45H28N4O/c1-3-11-30(12-4-1)42-47-43(31-13-5-2-6-14-31)49-44(48-42)33-20-22-39-41(28-33)50-40-27-32(29-23-25-46-26-24-29)19-21-38(40)45(39)36-17-9-7-15-34(36)35-16-8-10-18-37(35)45/h1-28H. The molecule has 1 spiro atoms. The van der Waals surface area contributed by atoms with Gasteiger partial charge in [0.1, 0.15) is 11.5 Å². The molecule has 0 unspecified atom stereocenters. The van der Waals surface area contributed by atoms with Gasteiger partial charge in [0.25, 0.3) is 0 Å². The van der Waals surface area contributed by atoms with Crippen molar-refractivity contribution >= 4 is 0 Å². The van der Waals surface area contributed by atoms with E-state index >= 15 is 0 Å². The van der Waals surface area contributed by atoms with Gasteiger partial charge in [-0.15, -0.1) is 0 Å². The molecule has 8 aromatic rings. The van der Waals surface area contributed by atoms with Crippen molar-refractivity contribution in [3.63, 3.8) is 0 Å². The first kappa shape index (κ1) is 28.3. The van der Waals surface area contributed by atoms with Crippen molar-refractivity contribution in [1.29, 1.82) is 0 Å². The Morgan fingerprint density at radius 3 is 1.38 bits per heavy atom. The Labute approximate surface area is 289 Å². The quantitative estimate of drug-likeness (QED) is 0.192. The summed E-state index contributed by atoms with van der Waals surface area (Å²) in [6, 6.07) is 54.7. The van der Waals surface area contributed by atoms with Crippen LogP contribution in [0.1, 0.15) is 22.3 Å². The molecule has 0 atom stereocenters. The van der Waals surface area contributed by atoms with E-state index in [-0.39, 0.29) is 0 Å². The number of fused-ring (bicyclic) bond motifs is 9. The van der Waals surface area contributed by atoms with Gasteiger partial charge >= 0.3 is 0 Å². The highest BCUT2D eigenvalue weighted by Crippen LogP contribution is 2.62. The number of hydrogen-bond acceptors (Lipinski definition) is 5. The molecule has 1 aliphatic heterocycles. The molecule has 2 aromatic heterocycles. The highest BCUT2D eigenvalue weighted by molar-refractivity contribution is 5.89. The van der Waals surface area contributed by atoms with Crippen LogP contribution in [-0.2, 0) is 5.41 Å². The minimum atomic E-state index is -0.574. The SMILES string of the molecule is c1ccc(-c2nc(-c3ccccc3)nc(-c3ccc4c(c3)Oc3cc(-c5ccncc5)ccc3C43c4ccccc4-c4ccccc43)n2)cc1. The van der Waals surface area contributed by atoms with E-state index in [0.717, 1.165) is 50.4 Å². The molecule has 1 aliphatic carbocycles. The third kappa shape index (κ3) is 4.27. The molecule has 0 saturated heterocycles. The smallest absolute Gasteiger partial charge is 0.164 e. The Kier molecular flexibility index (Phi) is 6.33. The van der Waals surface area contributed by atoms with Crippen LogP contribution in [0.4, 0.5) is 0 Å². The van der Waals surface area contributed by atoms with E-state index < -0.39 is 5.41 Å². The van der Waals surface area contributed by atoms with Gasteiger partial charge in [0, 0.05) is 40.2 Å². The predicted octanol–water partition coefficient (Wildman–Crippen LogP) is 10.4. The van der Waals surface area contributed by atoms with Crippen molar-refractivity contribution in [2.45, 2.75) is 5.41 Å². The van der Waals surface area contributed by atoms with Gasteiger partial charge in [-0.05, 0) is 57.6 Å². The van der Waals surface area contributed by atoms with Gasteiger partial charge in [-0.3, -0.25) is 4.98 Å². The molecule has 5 heteroatoms. The second kappa shape index (κ2) is 11.2. The number of pyridine rings is 1. The minimum Gasteiger partial charge on any atom is -0.457 e. The fourth-order valence-corrected chi connectivity index (χ4v) is 7.71. The normalized spacial score (nSPS) is 13.1. The van der Waals surface area contributed by atoms with Crippen LogP contribution < -0.4 is 4.74 Å². The summed E-state index contributed by atoms with van der Waals surface area (Å²) in [6.07, 6.45) is 3.65. The fourth-order valence-electron chi connectivity index (χ4n) is 7.71. The van der Waals surface area contributed by atoms with E-state index in [1.807, 2.05) is 85.2 Å². The van der Waals surface area contributed by atoms with Crippen molar-refractivity contribution in [1.82, 2.24) is 19.9 Å². The van der Waals surface area contributed by atoms with Gasteiger partial charge in [-0.2, -0.15) is 0 Å². The second-order valence-electron chi connectivity index (χ2n) is 12.6. The van der Waals surface area contributed by atoms with Crippen molar-refractivity contribution in [3.8, 4) is 67.9 Å². The Balaban J connectivity index is 1.22. The molecular weight excluding hydrogens is 613 g/mol. The molecule has 10 rings (SSSR count). The lowest BCUT2D eigenvalue weighted by molar-refractivity contribution is 0.437. The molecular formula is C45H28N4O. The first-order chi connectivity index (χ1) is 24.8.